The SMILES string of the molecule is CCOc1cc(C(CS(C)(=O)=O)N2C(=O)c3cccc(NC(=O)C4CC4)c3C2=O)ccc1OC. The third kappa shape index (κ3) is 4.63. The van der Waals surface area contributed by atoms with Crippen LogP contribution < -0.4 is 14.8 Å². The molecule has 2 aromatic rings. The van der Waals surface area contributed by atoms with E-state index in [0.29, 0.717) is 23.7 Å². The Kier molecular flexibility index (Phi) is 6.35. The molecular formula is C24H26N2O7S. The van der Waals surface area contributed by atoms with Crippen LogP contribution in [-0.2, 0) is 14.6 Å². The first kappa shape index (κ1) is 23.7. The molecule has 1 N–H and O–H groups in total. The minimum absolute atomic E-state index is 0.0681. The van der Waals surface area contributed by atoms with Gasteiger partial charge in [-0.1, -0.05) is 12.1 Å². The van der Waals surface area contributed by atoms with E-state index in [4.69, 9.17) is 9.47 Å². The lowest BCUT2D eigenvalue weighted by molar-refractivity contribution is -0.117. The molecule has 1 atom stereocenters. The van der Waals surface area contributed by atoms with E-state index in [1.807, 2.05) is 0 Å². The van der Waals surface area contributed by atoms with Crippen molar-refractivity contribution in [2.24, 2.45) is 5.92 Å². The second kappa shape index (κ2) is 9.09. The molecule has 1 saturated carbocycles. The minimum atomic E-state index is -3.60. The van der Waals surface area contributed by atoms with E-state index >= 15 is 0 Å². The lowest BCUT2D eigenvalue weighted by Gasteiger charge is -2.27. The fourth-order valence-corrected chi connectivity index (χ4v) is 4.96. The summed E-state index contributed by atoms with van der Waals surface area (Å²) >= 11 is 0. The van der Waals surface area contributed by atoms with Crippen molar-refractivity contribution in [3.8, 4) is 11.5 Å². The fraction of sp³-hybridized carbons (Fsp3) is 0.375. The highest BCUT2D eigenvalue weighted by molar-refractivity contribution is 7.90. The number of benzene rings is 2. The average Bonchev–Trinajstić information content (AvgIpc) is 3.60. The second-order valence-corrected chi connectivity index (χ2v) is 10.6. The van der Waals surface area contributed by atoms with E-state index in [9.17, 15) is 22.8 Å². The molecule has 2 aromatic carbocycles. The van der Waals surface area contributed by atoms with Gasteiger partial charge >= 0.3 is 0 Å². The normalized spacial score (nSPS) is 16.3. The molecule has 180 valence electrons. The summed E-state index contributed by atoms with van der Waals surface area (Å²) < 4.78 is 35.6. The molecule has 1 unspecified atom stereocenters. The summed E-state index contributed by atoms with van der Waals surface area (Å²) in [6.45, 7) is 2.13. The molecule has 2 aliphatic rings. The number of carbonyl (C=O) groups is 3. The van der Waals surface area contributed by atoms with Crippen LogP contribution in [0.1, 0.15) is 52.1 Å². The van der Waals surface area contributed by atoms with Crippen molar-refractivity contribution in [2.45, 2.75) is 25.8 Å². The maximum Gasteiger partial charge on any atom is 0.264 e. The Hall–Kier alpha value is -3.40. The standard InChI is InChI=1S/C24H26N2O7S/c1-4-33-20-12-15(10-11-19(20)32-2)18(13-34(3,30)31)26-23(28)16-6-5-7-17(21(16)24(26)29)25-22(27)14-8-9-14/h5-7,10-12,14,18H,4,8-9,13H2,1-3H3,(H,25,27). The van der Waals surface area contributed by atoms with Crippen LogP contribution in [0.5, 0.6) is 11.5 Å². The summed E-state index contributed by atoms with van der Waals surface area (Å²) in [7, 11) is -2.12. The van der Waals surface area contributed by atoms with Gasteiger partial charge in [0.1, 0.15) is 9.84 Å². The quantitative estimate of drug-likeness (QED) is 0.541. The van der Waals surface area contributed by atoms with Crippen molar-refractivity contribution in [3.63, 3.8) is 0 Å². The predicted octanol–water partition coefficient (Wildman–Crippen LogP) is 2.82. The number of carbonyl (C=O) groups excluding carboxylic acids is 3. The number of amides is 3. The smallest absolute Gasteiger partial charge is 0.264 e. The lowest BCUT2D eigenvalue weighted by Crippen LogP contribution is -2.37. The van der Waals surface area contributed by atoms with Gasteiger partial charge < -0.3 is 14.8 Å². The summed E-state index contributed by atoms with van der Waals surface area (Å²) in [6, 6.07) is 8.35. The molecule has 0 bridgehead atoms. The van der Waals surface area contributed by atoms with Crippen LogP contribution in [0.4, 0.5) is 5.69 Å². The van der Waals surface area contributed by atoms with Gasteiger partial charge in [-0.25, -0.2) is 8.42 Å². The number of hydrogen-bond donors (Lipinski definition) is 1. The van der Waals surface area contributed by atoms with Crippen molar-refractivity contribution in [2.75, 3.05) is 31.0 Å². The Morgan fingerprint density at radius 1 is 1.15 bits per heavy atom. The number of nitrogens with one attached hydrogen (secondary N) is 1. The zero-order valence-electron chi connectivity index (χ0n) is 19.2. The zero-order chi connectivity index (χ0) is 24.6. The van der Waals surface area contributed by atoms with E-state index in [-0.39, 0.29) is 28.6 Å². The van der Waals surface area contributed by atoms with E-state index < -0.39 is 33.4 Å². The Bertz CT molecular complexity index is 1270. The summed E-state index contributed by atoms with van der Waals surface area (Å²) in [6.07, 6.45) is 2.62. The Morgan fingerprint density at radius 3 is 2.50 bits per heavy atom. The number of methoxy groups -OCH3 is 1. The van der Waals surface area contributed by atoms with Crippen LogP contribution in [0.3, 0.4) is 0 Å². The maximum absolute atomic E-state index is 13.5. The summed E-state index contributed by atoms with van der Waals surface area (Å²) in [5.74, 6) is -1.23. The van der Waals surface area contributed by atoms with Crippen LogP contribution >= 0.6 is 0 Å². The van der Waals surface area contributed by atoms with Gasteiger partial charge in [-0.3, -0.25) is 19.3 Å². The van der Waals surface area contributed by atoms with E-state index in [1.54, 1.807) is 37.3 Å². The van der Waals surface area contributed by atoms with Crippen LogP contribution in [0, 0.1) is 5.92 Å². The number of anilines is 1. The van der Waals surface area contributed by atoms with Crippen LogP contribution in [-0.4, -0.2) is 56.8 Å². The summed E-state index contributed by atoms with van der Waals surface area (Å²) in [5, 5.41) is 2.75. The first-order chi connectivity index (χ1) is 16.1. The molecule has 9 nitrogen and oxygen atoms in total. The Balaban J connectivity index is 1.76. The largest absolute Gasteiger partial charge is 0.493 e. The van der Waals surface area contributed by atoms with Gasteiger partial charge in [0.2, 0.25) is 5.91 Å². The van der Waals surface area contributed by atoms with Crippen molar-refractivity contribution >= 4 is 33.2 Å². The molecule has 0 aromatic heterocycles. The van der Waals surface area contributed by atoms with Crippen LogP contribution in [0.15, 0.2) is 36.4 Å². The highest BCUT2D eigenvalue weighted by atomic mass is 32.2. The number of hydrogen-bond acceptors (Lipinski definition) is 7. The monoisotopic (exact) mass is 486 g/mol. The first-order valence-corrected chi connectivity index (χ1v) is 13.0. The van der Waals surface area contributed by atoms with Gasteiger partial charge in [0.15, 0.2) is 11.5 Å². The van der Waals surface area contributed by atoms with Crippen molar-refractivity contribution in [3.05, 3.63) is 53.1 Å². The van der Waals surface area contributed by atoms with Crippen molar-refractivity contribution in [1.29, 1.82) is 0 Å². The molecule has 1 heterocycles. The second-order valence-electron chi connectivity index (χ2n) is 8.42. The number of ether oxygens (including phenoxy) is 2. The Labute approximate surface area is 198 Å². The molecular weight excluding hydrogens is 460 g/mol. The van der Waals surface area contributed by atoms with Crippen LogP contribution in [0.25, 0.3) is 0 Å². The van der Waals surface area contributed by atoms with Gasteiger partial charge in [0, 0.05) is 12.2 Å². The molecule has 10 heteroatoms. The van der Waals surface area contributed by atoms with Gasteiger partial charge in [0.25, 0.3) is 11.8 Å². The molecule has 3 amide bonds. The number of rotatable bonds is 9. The van der Waals surface area contributed by atoms with E-state index in [2.05, 4.69) is 5.32 Å². The lowest BCUT2D eigenvalue weighted by atomic mass is 10.1. The topological polar surface area (TPSA) is 119 Å². The van der Waals surface area contributed by atoms with Gasteiger partial charge in [-0.05, 0) is 49.6 Å². The first-order valence-electron chi connectivity index (χ1n) is 10.9. The number of nitrogens with zero attached hydrogens (tertiary/aromatic N) is 1. The highest BCUT2D eigenvalue weighted by Crippen LogP contribution is 2.39. The van der Waals surface area contributed by atoms with Gasteiger partial charge in [-0.2, -0.15) is 0 Å². The third-order valence-corrected chi connectivity index (χ3v) is 6.72. The summed E-state index contributed by atoms with van der Waals surface area (Å²) in [5.41, 5.74) is 0.847. The average molecular weight is 487 g/mol. The molecule has 4 rings (SSSR count). The maximum atomic E-state index is 13.5. The number of fused-ring (bicyclic) bond motifs is 1. The van der Waals surface area contributed by atoms with Crippen LogP contribution in [0.2, 0.25) is 0 Å². The molecule has 0 radical (unpaired) electrons. The van der Waals surface area contributed by atoms with E-state index in [0.717, 1.165) is 24.0 Å². The molecule has 1 aliphatic heterocycles. The van der Waals surface area contributed by atoms with Crippen molar-refractivity contribution < 1.29 is 32.3 Å². The zero-order valence-corrected chi connectivity index (χ0v) is 20.0. The Morgan fingerprint density at radius 2 is 1.88 bits per heavy atom. The predicted molar refractivity (Wildman–Crippen MR) is 125 cm³/mol. The third-order valence-electron chi connectivity index (χ3n) is 5.80. The van der Waals surface area contributed by atoms with E-state index in [1.165, 1.54) is 13.2 Å². The fourth-order valence-electron chi connectivity index (χ4n) is 4.05. The van der Waals surface area contributed by atoms with Crippen molar-refractivity contribution in [1.82, 2.24) is 4.90 Å². The highest BCUT2D eigenvalue weighted by Gasteiger charge is 2.44. The molecule has 0 saturated heterocycles. The minimum Gasteiger partial charge on any atom is -0.493 e. The molecule has 1 fully saturated rings. The van der Waals surface area contributed by atoms with Gasteiger partial charge in [-0.15, -0.1) is 0 Å². The summed E-state index contributed by atoms with van der Waals surface area (Å²) in [4.78, 5) is 40.2. The number of sulfone groups is 1. The molecule has 0 spiro atoms. The van der Waals surface area contributed by atoms with Gasteiger partial charge in [0.05, 0.1) is 42.3 Å². The number of imide groups is 1. The molecule has 34 heavy (non-hydrogen) atoms. The molecule has 1 aliphatic carbocycles.